The summed E-state index contributed by atoms with van der Waals surface area (Å²) in [6.07, 6.45) is 1.77. The van der Waals surface area contributed by atoms with Crippen LogP contribution in [0.25, 0.3) is 0 Å². The molecule has 2 fully saturated rings. The topological polar surface area (TPSA) is 103 Å². The van der Waals surface area contributed by atoms with Crippen LogP contribution in [0.3, 0.4) is 0 Å². The van der Waals surface area contributed by atoms with E-state index in [-0.39, 0.29) is 18.6 Å². The number of halogens is 2. The minimum atomic E-state index is -1.09. The fourth-order valence-electron chi connectivity index (χ4n) is 4.58. The lowest BCUT2D eigenvalue weighted by molar-refractivity contribution is -0.144. The summed E-state index contributed by atoms with van der Waals surface area (Å²) < 4.78 is 6.08. The zero-order chi connectivity index (χ0) is 23.7. The Balaban J connectivity index is 1.42. The average Bonchev–Trinajstić information content (AvgIpc) is 3.24. The van der Waals surface area contributed by atoms with E-state index in [0.717, 1.165) is 34.8 Å². The first-order chi connectivity index (χ1) is 15.7. The van der Waals surface area contributed by atoms with Crippen molar-refractivity contribution in [3.63, 3.8) is 0 Å². The highest BCUT2D eigenvalue weighted by molar-refractivity contribution is 6.37. The molecule has 4 rings (SSSR count). The van der Waals surface area contributed by atoms with E-state index < -0.39 is 18.0 Å². The van der Waals surface area contributed by atoms with Crippen LogP contribution < -0.4 is 9.64 Å². The molecular formula is C23H25Cl2N3O5. The largest absolute Gasteiger partial charge is 0.485 e. The molecule has 0 radical (unpaired) electrons. The predicted molar refractivity (Wildman–Crippen MR) is 125 cm³/mol. The monoisotopic (exact) mass is 493 g/mol. The second-order valence-electron chi connectivity index (χ2n) is 8.55. The van der Waals surface area contributed by atoms with Gasteiger partial charge in [-0.05, 0) is 42.7 Å². The number of carboxylic acid groups (broad SMARTS) is 2. The van der Waals surface area contributed by atoms with E-state index in [1.165, 1.54) is 0 Å². The summed E-state index contributed by atoms with van der Waals surface area (Å²) in [5, 5.41) is 19.8. The van der Waals surface area contributed by atoms with Gasteiger partial charge in [-0.25, -0.2) is 9.78 Å². The second kappa shape index (κ2) is 9.65. The third-order valence-electron chi connectivity index (χ3n) is 6.30. The van der Waals surface area contributed by atoms with Gasteiger partial charge in [-0.15, -0.1) is 0 Å². The average molecular weight is 494 g/mol. The number of hydrogen-bond donors (Lipinski definition) is 2. The van der Waals surface area contributed by atoms with Crippen LogP contribution in [0.4, 0.5) is 10.6 Å². The third-order valence-corrected chi connectivity index (χ3v) is 6.86. The minimum Gasteiger partial charge on any atom is -0.485 e. The van der Waals surface area contributed by atoms with Crippen molar-refractivity contribution in [2.75, 3.05) is 31.1 Å². The van der Waals surface area contributed by atoms with E-state index in [9.17, 15) is 19.8 Å². The molecule has 2 N–H and O–H groups in total. The lowest BCUT2D eigenvalue weighted by atomic mass is 9.81. The highest BCUT2D eigenvalue weighted by atomic mass is 35.5. The van der Waals surface area contributed by atoms with Crippen LogP contribution in [0, 0.1) is 12.8 Å². The number of amides is 1. The Morgan fingerprint density at radius 2 is 1.82 bits per heavy atom. The molecule has 2 saturated heterocycles. The quantitative estimate of drug-likeness (QED) is 0.630. The molecule has 0 bridgehead atoms. The van der Waals surface area contributed by atoms with Crippen molar-refractivity contribution in [3.8, 4) is 5.75 Å². The van der Waals surface area contributed by atoms with Gasteiger partial charge in [-0.3, -0.25) is 4.79 Å². The van der Waals surface area contributed by atoms with Gasteiger partial charge in [0.1, 0.15) is 11.9 Å². The van der Waals surface area contributed by atoms with Gasteiger partial charge in [-0.1, -0.05) is 29.3 Å². The molecule has 10 heteroatoms. The Hall–Kier alpha value is -2.71. The third kappa shape index (κ3) is 5.12. The van der Waals surface area contributed by atoms with Gasteiger partial charge >= 0.3 is 12.1 Å². The SMILES string of the molecule is Cc1cc(Cl)c(O[C@@H]2CCN(c3ccc([C@@H]4CCN(C(=O)O)C[C@H]4C(=O)O)cn3)C2)c(Cl)c1. The number of hydrogen-bond acceptors (Lipinski definition) is 5. The Kier molecular flexibility index (Phi) is 6.86. The van der Waals surface area contributed by atoms with Crippen LogP contribution in [0.15, 0.2) is 30.5 Å². The molecule has 3 heterocycles. The number of ether oxygens (including phenoxy) is 1. The molecular weight excluding hydrogens is 469 g/mol. The van der Waals surface area contributed by atoms with Crippen LogP contribution in [0.2, 0.25) is 10.0 Å². The molecule has 0 spiro atoms. The summed E-state index contributed by atoms with van der Waals surface area (Å²) >= 11 is 12.6. The molecule has 0 aliphatic carbocycles. The molecule has 0 saturated carbocycles. The molecule has 1 amide bonds. The van der Waals surface area contributed by atoms with E-state index >= 15 is 0 Å². The van der Waals surface area contributed by atoms with Gasteiger partial charge < -0.3 is 24.7 Å². The number of aliphatic carboxylic acids is 1. The van der Waals surface area contributed by atoms with Crippen molar-refractivity contribution in [1.29, 1.82) is 0 Å². The maximum Gasteiger partial charge on any atom is 0.407 e. The van der Waals surface area contributed by atoms with E-state index in [4.69, 9.17) is 27.9 Å². The van der Waals surface area contributed by atoms with Gasteiger partial charge in [-0.2, -0.15) is 0 Å². The number of aryl methyl sites for hydroxylation is 1. The number of carbonyl (C=O) groups is 2. The summed E-state index contributed by atoms with van der Waals surface area (Å²) in [5.41, 5.74) is 1.77. The number of benzene rings is 1. The summed E-state index contributed by atoms with van der Waals surface area (Å²) in [5.74, 6) is -0.800. The van der Waals surface area contributed by atoms with E-state index in [0.29, 0.717) is 35.3 Å². The number of carboxylic acids is 1. The van der Waals surface area contributed by atoms with Gasteiger partial charge in [0.25, 0.3) is 0 Å². The molecule has 2 aromatic rings. The molecule has 3 atom stereocenters. The number of nitrogens with zero attached hydrogens (tertiary/aromatic N) is 3. The normalized spacial score (nSPS) is 22.9. The maximum atomic E-state index is 11.8. The van der Waals surface area contributed by atoms with Crippen molar-refractivity contribution < 1.29 is 24.5 Å². The van der Waals surface area contributed by atoms with E-state index in [1.807, 2.05) is 31.2 Å². The molecule has 8 nitrogen and oxygen atoms in total. The van der Waals surface area contributed by atoms with E-state index in [1.54, 1.807) is 6.20 Å². The number of anilines is 1. The first kappa shape index (κ1) is 23.4. The Bertz CT molecular complexity index is 1030. The van der Waals surface area contributed by atoms with Gasteiger partial charge in [0.2, 0.25) is 0 Å². The fraction of sp³-hybridized carbons (Fsp3) is 0.435. The predicted octanol–water partition coefficient (Wildman–Crippen LogP) is 4.52. The van der Waals surface area contributed by atoms with Gasteiger partial charge in [0, 0.05) is 38.2 Å². The lowest BCUT2D eigenvalue weighted by Crippen LogP contribution is -2.45. The van der Waals surface area contributed by atoms with E-state index in [2.05, 4.69) is 9.88 Å². The lowest BCUT2D eigenvalue weighted by Gasteiger charge is -2.35. The minimum absolute atomic E-state index is 0.0215. The first-order valence-corrected chi connectivity index (χ1v) is 11.5. The van der Waals surface area contributed by atoms with Crippen LogP contribution in [0.1, 0.15) is 29.9 Å². The molecule has 1 aromatic heterocycles. The number of rotatable bonds is 5. The molecule has 33 heavy (non-hydrogen) atoms. The van der Waals surface area contributed by atoms with Crippen molar-refractivity contribution in [1.82, 2.24) is 9.88 Å². The maximum absolute atomic E-state index is 11.8. The summed E-state index contributed by atoms with van der Waals surface area (Å²) in [4.78, 5) is 30.8. The number of pyridine rings is 1. The zero-order valence-electron chi connectivity index (χ0n) is 18.1. The standard InChI is InChI=1S/C23H25Cl2N3O5/c1-13-8-18(24)21(19(25)9-13)33-15-4-6-27(11-15)20-3-2-14(10-26-20)16-5-7-28(23(31)32)12-17(16)22(29)30/h2-3,8-10,15-17H,4-7,11-12H2,1H3,(H,29,30)(H,31,32)/t15-,16+,17-/m1/s1. The van der Waals surface area contributed by atoms with Gasteiger partial charge in [0.05, 0.1) is 22.5 Å². The Morgan fingerprint density at radius 3 is 2.42 bits per heavy atom. The molecule has 1 aromatic carbocycles. The van der Waals surface area contributed by atoms with Crippen LogP contribution in [0.5, 0.6) is 5.75 Å². The Morgan fingerprint density at radius 1 is 1.09 bits per heavy atom. The molecule has 2 aliphatic heterocycles. The van der Waals surface area contributed by atoms with Crippen molar-refractivity contribution in [3.05, 3.63) is 51.6 Å². The fourth-order valence-corrected chi connectivity index (χ4v) is 5.26. The first-order valence-electron chi connectivity index (χ1n) is 10.8. The number of aromatic nitrogens is 1. The van der Waals surface area contributed by atoms with Crippen molar-refractivity contribution in [2.24, 2.45) is 5.92 Å². The summed E-state index contributed by atoms with van der Waals surface area (Å²) in [7, 11) is 0. The van der Waals surface area contributed by atoms with Gasteiger partial charge in [0.15, 0.2) is 5.75 Å². The molecule has 2 aliphatic rings. The smallest absolute Gasteiger partial charge is 0.407 e. The van der Waals surface area contributed by atoms with Crippen LogP contribution in [-0.2, 0) is 4.79 Å². The second-order valence-corrected chi connectivity index (χ2v) is 9.36. The highest BCUT2D eigenvalue weighted by Crippen LogP contribution is 2.37. The Labute approximate surface area is 201 Å². The molecule has 176 valence electrons. The summed E-state index contributed by atoms with van der Waals surface area (Å²) in [6.45, 7) is 3.59. The van der Waals surface area contributed by atoms with Crippen molar-refractivity contribution >= 4 is 41.1 Å². The van der Waals surface area contributed by atoms with Crippen molar-refractivity contribution in [2.45, 2.75) is 31.8 Å². The highest BCUT2D eigenvalue weighted by Gasteiger charge is 2.37. The summed E-state index contributed by atoms with van der Waals surface area (Å²) in [6, 6.07) is 7.41. The molecule has 0 unspecified atom stereocenters. The number of likely N-dealkylation sites (tertiary alicyclic amines) is 1. The number of piperidine rings is 1. The van der Waals surface area contributed by atoms with Crippen LogP contribution >= 0.6 is 23.2 Å². The van der Waals surface area contributed by atoms with Crippen LogP contribution in [-0.4, -0.2) is 64.4 Å². The zero-order valence-corrected chi connectivity index (χ0v) is 19.6.